The van der Waals surface area contributed by atoms with Crippen molar-refractivity contribution in [3.63, 3.8) is 0 Å². The van der Waals surface area contributed by atoms with Gasteiger partial charge in [-0.05, 0) is 48.9 Å². The summed E-state index contributed by atoms with van der Waals surface area (Å²) in [7, 11) is 0. The molecule has 0 fully saturated rings. The highest BCUT2D eigenvalue weighted by Gasteiger charge is 2.08. The highest BCUT2D eigenvalue weighted by molar-refractivity contribution is 6.35. The van der Waals surface area contributed by atoms with Crippen molar-refractivity contribution >= 4 is 23.2 Å². The lowest BCUT2D eigenvalue weighted by Crippen LogP contribution is -2.19. The maximum absolute atomic E-state index is 6.11. The molecule has 0 saturated heterocycles. The Morgan fingerprint density at radius 3 is 2.33 bits per heavy atom. The van der Waals surface area contributed by atoms with E-state index < -0.39 is 0 Å². The van der Waals surface area contributed by atoms with Gasteiger partial charge in [0.25, 0.3) is 0 Å². The monoisotopic (exact) mass is 323 g/mol. The van der Waals surface area contributed by atoms with Gasteiger partial charge in [0.15, 0.2) is 0 Å². The van der Waals surface area contributed by atoms with Crippen LogP contribution in [0.15, 0.2) is 42.5 Å². The van der Waals surface area contributed by atoms with E-state index in [1.807, 2.05) is 12.1 Å². The third-order valence-corrected chi connectivity index (χ3v) is 3.79. The van der Waals surface area contributed by atoms with Crippen molar-refractivity contribution in [1.29, 1.82) is 0 Å². The van der Waals surface area contributed by atoms with Crippen molar-refractivity contribution in [2.75, 3.05) is 6.54 Å². The van der Waals surface area contributed by atoms with Gasteiger partial charge >= 0.3 is 0 Å². The predicted molar refractivity (Wildman–Crippen MR) is 89.7 cm³/mol. The summed E-state index contributed by atoms with van der Waals surface area (Å²) in [5, 5.41) is 4.56. The zero-order valence-corrected chi connectivity index (χ0v) is 13.7. The van der Waals surface area contributed by atoms with Gasteiger partial charge < -0.3 is 10.1 Å². The predicted octanol–water partition coefficient (Wildman–Crippen LogP) is 5.85. The lowest BCUT2D eigenvalue weighted by atomic mass is 10.0. The van der Waals surface area contributed by atoms with Crippen LogP contribution in [0.5, 0.6) is 11.5 Å². The van der Waals surface area contributed by atoms with Gasteiger partial charge in [0.1, 0.15) is 11.5 Å². The first-order valence-corrected chi connectivity index (χ1v) is 7.85. The molecule has 0 saturated carbocycles. The van der Waals surface area contributed by atoms with Crippen LogP contribution in [0.4, 0.5) is 0 Å². The Morgan fingerprint density at radius 2 is 1.76 bits per heavy atom. The Bertz CT molecular complexity index is 584. The summed E-state index contributed by atoms with van der Waals surface area (Å²) in [5.74, 6) is 1.36. The van der Waals surface area contributed by atoms with Gasteiger partial charge in [-0.25, -0.2) is 0 Å². The minimum Gasteiger partial charge on any atom is -0.456 e. The van der Waals surface area contributed by atoms with Crippen molar-refractivity contribution in [2.24, 2.45) is 0 Å². The number of nitrogens with one attached hydrogen (secondary N) is 1. The Hall–Kier alpha value is -1.22. The van der Waals surface area contributed by atoms with Crippen molar-refractivity contribution in [3.8, 4) is 11.5 Å². The molecule has 0 bridgehead atoms. The van der Waals surface area contributed by atoms with Crippen LogP contribution < -0.4 is 10.1 Å². The van der Waals surface area contributed by atoms with Crippen LogP contribution >= 0.6 is 23.2 Å². The third-order valence-electron chi connectivity index (χ3n) is 3.26. The van der Waals surface area contributed by atoms with Crippen LogP contribution in [0, 0.1) is 0 Å². The molecule has 1 unspecified atom stereocenters. The summed E-state index contributed by atoms with van der Waals surface area (Å²) in [6.45, 7) is 5.24. The molecule has 2 rings (SSSR count). The maximum atomic E-state index is 6.11. The number of benzene rings is 2. The Labute approximate surface area is 136 Å². The van der Waals surface area contributed by atoms with E-state index in [1.165, 1.54) is 5.56 Å². The minimum absolute atomic E-state index is 0.378. The average molecular weight is 324 g/mol. The van der Waals surface area contributed by atoms with E-state index in [2.05, 4.69) is 31.3 Å². The van der Waals surface area contributed by atoms with Crippen LogP contribution in [-0.4, -0.2) is 6.54 Å². The fraction of sp³-hybridized carbons (Fsp3) is 0.294. The van der Waals surface area contributed by atoms with E-state index in [4.69, 9.17) is 27.9 Å². The topological polar surface area (TPSA) is 21.3 Å². The first-order chi connectivity index (χ1) is 10.1. The van der Waals surface area contributed by atoms with Crippen molar-refractivity contribution in [2.45, 2.75) is 26.3 Å². The standard InChI is InChI=1S/C17H19Cl2NO/c1-3-16(20-4-2)12-5-8-14(9-6-12)21-17-10-7-13(18)11-15(17)19/h5-11,16,20H,3-4H2,1-2H3. The van der Waals surface area contributed by atoms with Crippen LogP contribution in [0.25, 0.3) is 0 Å². The number of rotatable bonds is 6. The number of hydrogen-bond donors (Lipinski definition) is 1. The first-order valence-electron chi connectivity index (χ1n) is 7.10. The second kappa shape index (κ2) is 7.69. The summed E-state index contributed by atoms with van der Waals surface area (Å²) >= 11 is 12.0. The summed E-state index contributed by atoms with van der Waals surface area (Å²) in [6.07, 6.45) is 1.05. The van der Waals surface area contributed by atoms with Crippen LogP contribution in [0.2, 0.25) is 10.0 Å². The Kier molecular flexibility index (Phi) is 5.92. The van der Waals surface area contributed by atoms with Gasteiger partial charge in [0, 0.05) is 11.1 Å². The molecule has 21 heavy (non-hydrogen) atoms. The van der Waals surface area contributed by atoms with Crippen molar-refractivity contribution in [3.05, 3.63) is 58.1 Å². The molecule has 0 aliphatic carbocycles. The SMILES string of the molecule is CCNC(CC)c1ccc(Oc2ccc(Cl)cc2Cl)cc1. The first kappa shape index (κ1) is 16.2. The second-order valence-corrected chi connectivity index (χ2v) is 5.61. The zero-order chi connectivity index (χ0) is 15.2. The molecule has 0 aliphatic heterocycles. The van der Waals surface area contributed by atoms with Gasteiger partial charge in [0.2, 0.25) is 0 Å². The van der Waals surface area contributed by atoms with Crippen LogP contribution in [0.1, 0.15) is 31.9 Å². The fourth-order valence-electron chi connectivity index (χ4n) is 2.20. The molecule has 0 amide bonds. The molecule has 2 aromatic rings. The average Bonchev–Trinajstić information content (AvgIpc) is 2.48. The Balaban J connectivity index is 2.11. The summed E-state index contributed by atoms with van der Waals surface area (Å²) in [5.41, 5.74) is 1.26. The van der Waals surface area contributed by atoms with Crippen molar-refractivity contribution < 1.29 is 4.74 Å². The minimum atomic E-state index is 0.378. The lowest BCUT2D eigenvalue weighted by Gasteiger charge is -2.16. The summed E-state index contributed by atoms with van der Waals surface area (Å²) in [4.78, 5) is 0. The molecule has 0 heterocycles. The van der Waals surface area contributed by atoms with E-state index in [1.54, 1.807) is 18.2 Å². The highest BCUT2D eigenvalue weighted by Crippen LogP contribution is 2.32. The van der Waals surface area contributed by atoms with Crippen molar-refractivity contribution in [1.82, 2.24) is 5.32 Å². The molecule has 112 valence electrons. The molecule has 4 heteroatoms. The van der Waals surface area contributed by atoms with E-state index >= 15 is 0 Å². The zero-order valence-electron chi connectivity index (χ0n) is 12.2. The van der Waals surface area contributed by atoms with E-state index in [9.17, 15) is 0 Å². The second-order valence-electron chi connectivity index (χ2n) is 4.76. The molecule has 2 aromatic carbocycles. The molecule has 0 radical (unpaired) electrons. The molecule has 0 spiro atoms. The van der Waals surface area contributed by atoms with Gasteiger partial charge in [-0.1, -0.05) is 49.2 Å². The lowest BCUT2D eigenvalue weighted by molar-refractivity contribution is 0.481. The van der Waals surface area contributed by atoms with Crippen LogP contribution in [-0.2, 0) is 0 Å². The molecule has 1 atom stereocenters. The molecule has 0 aromatic heterocycles. The number of halogens is 2. The molecule has 2 nitrogen and oxygen atoms in total. The normalized spacial score (nSPS) is 12.2. The van der Waals surface area contributed by atoms with E-state index in [0.717, 1.165) is 18.7 Å². The summed E-state index contributed by atoms with van der Waals surface area (Å²) < 4.78 is 5.78. The number of ether oxygens (including phenoxy) is 1. The van der Waals surface area contributed by atoms with E-state index in [-0.39, 0.29) is 0 Å². The van der Waals surface area contributed by atoms with Gasteiger partial charge in [-0.3, -0.25) is 0 Å². The van der Waals surface area contributed by atoms with Crippen LogP contribution in [0.3, 0.4) is 0 Å². The van der Waals surface area contributed by atoms with Gasteiger partial charge in [-0.15, -0.1) is 0 Å². The molecular formula is C17H19Cl2NO. The Morgan fingerprint density at radius 1 is 1.05 bits per heavy atom. The smallest absolute Gasteiger partial charge is 0.146 e. The summed E-state index contributed by atoms with van der Waals surface area (Å²) in [6, 6.07) is 13.7. The third kappa shape index (κ3) is 4.37. The van der Waals surface area contributed by atoms with E-state index in [0.29, 0.717) is 21.8 Å². The molecule has 0 aliphatic rings. The quantitative estimate of drug-likeness (QED) is 0.720. The fourth-order valence-corrected chi connectivity index (χ4v) is 2.64. The largest absolute Gasteiger partial charge is 0.456 e. The molecule has 1 N–H and O–H groups in total. The van der Waals surface area contributed by atoms with Gasteiger partial charge in [-0.2, -0.15) is 0 Å². The number of hydrogen-bond acceptors (Lipinski definition) is 2. The molecular weight excluding hydrogens is 305 g/mol. The maximum Gasteiger partial charge on any atom is 0.146 e. The highest BCUT2D eigenvalue weighted by atomic mass is 35.5. The van der Waals surface area contributed by atoms with Gasteiger partial charge in [0.05, 0.1) is 5.02 Å².